The van der Waals surface area contributed by atoms with Crippen molar-refractivity contribution in [3.63, 3.8) is 0 Å². The summed E-state index contributed by atoms with van der Waals surface area (Å²) < 4.78 is 49.3. The van der Waals surface area contributed by atoms with E-state index in [2.05, 4.69) is 0 Å². The quantitative estimate of drug-likeness (QED) is 0.700. The van der Waals surface area contributed by atoms with Crippen LogP contribution in [0.2, 0.25) is 0 Å². The maximum atomic E-state index is 12.8. The maximum absolute atomic E-state index is 12.8. The van der Waals surface area contributed by atoms with E-state index in [4.69, 9.17) is 10.2 Å². The van der Waals surface area contributed by atoms with Gasteiger partial charge in [-0.3, -0.25) is 0 Å². The average molecular weight is 218 g/mol. The van der Waals surface area contributed by atoms with Gasteiger partial charge in [-0.25, -0.2) is 13.6 Å². The van der Waals surface area contributed by atoms with Gasteiger partial charge in [0.15, 0.2) is 6.10 Å². The molecule has 0 aromatic carbocycles. The monoisotopic (exact) mass is 218 g/mol. The van der Waals surface area contributed by atoms with Gasteiger partial charge >= 0.3 is 18.3 Å². The van der Waals surface area contributed by atoms with Crippen molar-refractivity contribution in [3.8, 4) is 0 Å². The number of carboxylic acids is 1. The molecule has 0 rings (SSSR count). The summed E-state index contributed by atoms with van der Waals surface area (Å²) in [6, 6.07) is 0. The number of aliphatic carboxylic acids is 1. The first kappa shape index (κ1) is 13.2. The SMILES string of the molecule is CC(C)(C(O)C(=O)O)C(F)(F)C(F)F. The minimum Gasteiger partial charge on any atom is -0.479 e. The van der Waals surface area contributed by atoms with Crippen LogP contribution in [-0.2, 0) is 4.79 Å². The molecule has 3 nitrogen and oxygen atoms in total. The molecule has 14 heavy (non-hydrogen) atoms. The Balaban J connectivity index is 5.03. The van der Waals surface area contributed by atoms with E-state index in [9.17, 15) is 22.4 Å². The summed E-state index contributed by atoms with van der Waals surface area (Å²) in [4.78, 5) is 10.2. The van der Waals surface area contributed by atoms with Crippen molar-refractivity contribution in [2.24, 2.45) is 5.41 Å². The van der Waals surface area contributed by atoms with Crippen LogP contribution < -0.4 is 0 Å². The lowest BCUT2D eigenvalue weighted by Gasteiger charge is -2.35. The molecule has 0 spiro atoms. The lowest BCUT2D eigenvalue weighted by Crippen LogP contribution is -2.52. The first-order chi connectivity index (χ1) is 6.05. The number of alkyl halides is 4. The molecule has 0 aliphatic rings. The van der Waals surface area contributed by atoms with Gasteiger partial charge in [0, 0.05) is 0 Å². The molecule has 84 valence electrons. The fraction of sp³-hybridized carbons (Fsp3) is 0.857. The number of halogens is 4. The van der Waals surface area contributed by atoms with Gasteiger partial charge in [-0.15, -0.1) is 0 Å². The van der Waals surface area contributed by atoms with E-state index in [0.717, 1.165) is 0 Å². The summed E-state index contributed by atoms with van der Waals surface area (Å²) in [6.07, 6.45) is -6.57. The first-order valence-electron chi connectivity index (χ1n) is 3.62. The minimum absolute atomic E-state index is 0.567. The van der Waals surface area contributed by atoms with Crippen molar-refractivity contribution in [2.75, 3.05) is 0 Å². The number of carbonyl (C=O) groups is 1. The summed E-state index contributed by atoms with van der Waals surface area (Å²) in [5.41, 5.74) is -2.73. The van der Waals surface area contributed by atoms with Gasteiger partial charge in [-0.2, -0.15) is 8.78 Å². The van der Waals surface area contributed by atoms with Crippen molar-refractivity contribution in [1.82, 2.24) is 0 Å². The molecule has 0 radical (unpaired) electrons. The molecule has 0 amide bonds. The Kier molecular flexibility index (Phi) is 3.49. The van der Waals surface area contributed by atoms with Gasteiger partial charge in [0.1, 0.15) is 0 Å². The highest BCUT2D eigenvalue weighted by Gasteiger charge is 2.59. The van der Waals surface area contributed by atoms with Crippen LogP contribution in [0.4, 0.5) is 17.6 Å². The first-order valence-corrected chi connectivity index (χ1v) is 3.62. The van der Waals surface area contributed by atoms with Gasteiger partial charge < -0.3 is 10.2 Å². The van der Waals surface area contributed by atoms with Gasteiger partial charge in [-0.05, 0) is 0 Å². The smallest absolute Gasteiger partial charge is 0.333 e. The molecule has 0 aromatic heterocycles. The average Bonchev–Trinajstić information content (AvgIpc) is 2.01. The summed E-state index contributed by atoms with van der Waals surface area (Å²) in [7, 11) is 0. The maximum Gasteiger partial charge on any atom is 0.333 e. The molecule has 1 unspecified atom stereocenters. The summed E-state index contributed by atoms with van der Waals surface area (Å²) >= 11 is 0. The van der Waals surface area contributed by atoms with Crippen LogP contribution in [0, 0.1) is 5.41 Å². The van der Waals surface area contributed by atoms with Crippen LogP contribution in [0.1, 0.15) is 13.8 Å². The van der Waals surface area contributed by atoms with E-state index < -0.39 is 29.8 Å². The summed E-state index contributed by atoms with van der Waals surface area (Å²) in [5.74, 6) is -6.53. The highest BCUT2D eigenvalue weighted by atomic mass is 19.3. The molecule has 0 heterocycles. The van der Waals surface area contributed by atoms with Gasteiger partial charge in [0.2, 0.25) is 0 Å². The summed E-state index contributed by atoms with van der Waals surface area (Å²) in [5, 5.41) is 17.1. The molecule has 7 heteroatoms. The minimum atomic E-state index is -4.56. The second kappa shape index (κ2) is 3.72. The third-order valence-corrected chi connectivity index (χ3v) is 2.05. The molecule has 0 saturated heterocycles. The number of hydrogen-bond acceptors (Lipinski definition) is 2. The Labute approximate surface area is 77.3 Å². The Morgan fingerprint density at radius 3 is 1.86 bits per heavy atom. The molecule has 1 atom stereocenters. The van der Waals surface area contributed by atoms with Crippen molar-refractivity contribution < 1.29 is 32.6 Å². The zero-order chi connectivity index (χ0) is 11.7. The van der Waals surface area contributed by atoms with Crippen molar-refractivity contribution in [1.29, 1.82) is 0 Å². The third-order valence-electron chi connectivity index (χ3n) is 2.05. The molecular formula is C7H10F4O3. The van der Waals surface area contributed by atoms with Gasteiger partial charge in [0.05, 0.1) is 5.41 Å². The second-order valence-electron chi connectivity index (χ2n) is 3.39. The number of carboxylic acid groups (broad SMARTS) is 1. The van der Waals surface area contributed by atoms with E-state index >= 15 is 0 Å². The van der Waals surface area contributed by atoms with E-state index in [1.54, 1.807) is 0 Å². The number of rotatable bonds is 4. The predicted molar refractivity (Wildman–Crippen MR) is 38.4 cm³/mol. The van der Waals surface area contributed by atoms with Crippen LogP contribution >= 0.6 is 0 Å². The molecule has 0 saturated carbocycles. The van der Waals surface area contributed by atoms with Gasteiger partial charge in [0.25, 0.3) is 0 Å². The van der Waals surface area contributed by atoms with Crippen molar-refractivity contribution >= 4 is 5.97 Å². The highest BCUT2D eigenvalue weighted by Crippen LogP contribution is 2.43. The van der Waals surface area contributed by atoms with Crippen LogP contribution in [0.15, 0.2) is 0 Å². The number of hydrogen-bond donors (Lipinski definition) is 2. The second-order valence-corrected chi connectivity index (χ2v) is 3.39. The van der Waals surface area contributed by atoms with Crippen molar-refractivity contribution in [2.45, 2.75) is 32.3 Å². The Bertz CT molecular complexity index is 227. The van der Waals surface area contributed by atoms with E-state index in [-0.39, 0.29) is 0 Å². The van der Waals surface area contributed by atoms with Gasteiger partial charge in [-0.1, -0.05) is 13.8 Å². The summed E-state index contributed by atoms with van der Waals surface area (Å²) in [6.45, 7) is 1.13. The van der Waals surface area contributed by atoms with E-state index in [1.165, 1.54) is 0 Å². The fourth-order valence-electron chi connectivity index (χ4n) is 0.772. The molecular weight excluding hydrogens is 208 g/mol. The van der Waals surface area contributed by atoms with E-state index in [0.29, 0.717) is 13.8 Å². The van der Waals surface area contributed by atoms with Crippen LogP contribution in [-0.4, -0.2) is 34.6 Å². The molecule has 0 aliphatic heterocycles. The number of aliphatic hydroxyl groups excluding tert-OH is 1. The highest BCUT2D eigenvalue weighted by molar-refractivity contribution is 5.73. The van der Waals surface area contributed by atoms with Crippen molar-refractivity contribution in [3.05, 3.63) is 0 Å². The third kappa shape index (κ3) is 1.97. The largest absolute Gasteiger partial charge is 0.479 e. The topological polar surface area (TPSA) is 57.5 Å². The van der Waals surface area contributed by atoms with E-state index in [1.807, 2.05) is 0 Å². The normalized spacial score (nSPS) is 15.7. The Hall–Kier alpha value is -0.850. The molecule has 0 bridgehead atoms. The molecule has 2 N–H and O–H groups in total. The molecule has 0 aromatic rings. The zero-order valence-electron chi connectivity index (χ0n) is 7.47. The van der Waals surface area contributed by atoms with Crippen LogP contribution in [0.3, 0.4) is 0 Å². The number of aliphatic hydroxyl groups is 1. The van der Waals surface area contributed by atoms with Crippen LogP contribution in [0.5, 0.6) is 0 Å². The fourth-order valence-corrected chi connectivity index (χ4v) is 0.772. The standard InChI is InChI=1S/C7H10F4O3/c1-6(2,3(12)4(13)14)7(10,11)5(8)9/h3,5,12H,1-2H3,(H,13,14). The Morgan fingerprint density at radius 2 is 1.64 bits per heavy atom. The Morgan fingerprint density at radius 1 is 1.29 bits per heavy atom. The lowest BCUT2D eigenvalue weighted by molar-refractivity contribution is -0.228. The molecule has 0 aliphatic carbocycles. The lowest BCUT2D eigenvalue weighted by atomic mass is 9.80. The molecule has 0 fully saturated rings. The zero-order valence-corrected chi connectivity index (χ0v) is 7.47. The predicted octanol–water partition coefficient (Wildman–Crippen LogP) is 1.36. The van der Waals surface area contributed by atoms with Crippen LogP contribution in [0.25, 0.3) is 0 Å².